The molecule has 0 bridgehead atoms. The quantitative estimate of drug-likeness (QED) is 0.630. The Labute approximate surface area is 78.5 Å². The van der Waals surface area contributed by atoms with Crippen LogP contribution >= 0.6 is 0 Å². The Bertz CT molecular complexity index is 172. The zero-order chi connectivity index (χ0) is 9.68. The van der Waals surface area contributed by atoms with Gasteiger partial charge in [-0.3, -0.25) is 4.79 Å². The Balaban J connectivity index is 2.27. The molecular formula is C9H17NO3. The summed E-state index contributed by atoms with van der Waals surface area (Å²) >= 11 is 0. The van der Waals surface area contributed by atoms with Crippen LogP contribution in [0.5, 0.6) is 0 Å². The average molecular weight is 187 g/mol. The van der Waals surface area contributed by atoms with Gasteiger partial charge in [0.25, 0.3) is 0 Å². The third-order valence-electron chi connectivity index (χ3n) is 2.33. The van der Waals surface area contributed by atoms with Crippen LogP contribution in [0.3, 0.4) is 0 Å². The molecule has 0 radical (unpaired) electrons. The molecule has 1 N–H and O–H groups in total. The minimum absolute atomic E-state index is 0.0484. The highest BCUT2D eigenvalue weighted by atomic mass is 16.5. The predicted octanol–water partition coefficient (Wildman–Crippen LogP) is 0.00620. The molecule has 0 aromatic carbocycles. The van der Waals surface area contributed by atoms with Crippen LogP contribution in [0, 0.1) is 0 Å². The van der Waals surface area contributed by atoms with E-state index in [1.165, 1.54) is 0 Å². The van der Waals surface area contributed by atoms with Gasteiger partial charge >= 0.3 is 0 Å². The van der Waals surface area contributed by atoms with Crippen molar-refractivity contribution in [3.8, 4) is 0 Å². The molecule has 76 valence electrons. The largest absolute Gasteiger partial charge is 0.394 e. The van der Waals surface area contributed by atoms with Gasteiger partial charge in [-0.25, -0.2) is 0 Å². The van der Waals surface area contributed by atoms with E-state index in [9.17, 15) is 4.79 Å². The molecule has 1 aliphatic heterocycles. The van der Waals surface area contributed by atoms with Gasteiger partial charge in [-0.2, -0.15) is 0 Å². The first kappa shape index (κ1) is 10.5. The molecule has 1 aliphatic rings. The van der Waals surface area contributed by atoms with Crippen LogP contribution in [0.1, 0.15) is 19.8 Å². The summed E-state index contributed by atoms with van der Waals surface area (Å²) in [5.74, 6) is 0.120. The number of ether oxygens (including phenoxy) is 1. The highest BCUT2D eigenvalue weighted by molar-refractivity contribution is 5.73. The lowest BCUT2D eigenvalue weighted by atomic mass is 10.2. The van der Waals surface area contributed by atoms with E-state index >= 15 is 0 Å². The summed E-state index contributed by atoms with van der Waals surface area (Å²) in [7, 11) is 0. The molecule has 0 aliphatic carbocycles. The maximum Gasteiger partial charge on any atom is 0.219 e. The summed E-state index contributed by atoms with van der Waals surface area (Å²) in [5, 5.41) is 8.51. The SMILES string of the molecule is CC(=O)N1CCC[C@@H]1COCCO. The van der Waals surface area contributed by atoms with Gasteiger partial charge in [0.2, 0.25) is 5.91 Å². The zero-order valence-corrected chi connectivity index (χ0v) is 8.03. The number of nitrogens with zero attached hydrogens (tertiary/aromatic N) is 1. The Kier molecular flexibility index (Phi) is 4.18. The first-order valence-corrected chi connectivity index (χ1v) is 4.71. The Morgan fingerprint density at radius 3 is 3.08 bits per heavy atom. The van der Waals surface area contributed by atoms with Crippen LogP contribution < -0.4 is 0 Å². The van der Waals surface area contributed by atoms with Crippen LogP contribution in [-0.4, -0.2) is 48.3 Å². The van der Waals surface area contributed by atoms with E-state index in [1.54, 1.807) is 6.92 Å². The van der Waals surface area contributed by atoms with E-state index in [1.807, 2.05) is 4.90 Å². The second kappa shape index (κ2) is 5.19. The molecule has 0 spiro atoms. The first-order valence-electron chi connectivity index (χ1n) is 4.71. The number of rotatable bonds is 4. The molecule has 1 fully saturated rings. The molecule has 1 rings (SSSR count). The molecule has 13 heavy (non-hydrogen) atoms. The van der Waals surface area contributed by atoms with Crippen molar-refractivity contribution in [2.75, 3.05) is 26.4 Å². The van der Waals surface area contributed by atoms with Crippen molar-refractivity contribution in [1.29, 1.82) is 0 Å². The zero-order valence-electron chi connectivity index (χ0n) is 8.03. The van der Waals surface area contributed by atoms with Crippen molar-refractivity contribution in [3.05, 3.63) is 0 Å². The number of carbonyl (C=O) groups excluding carboxylic acids is 1. The lowest BCUT2D eigenvalue weighted by Crippen LogP contribution is -2.36. The second-order valence-electron chi connectivity index (χ2n) is 3.31. The van der Waals surface area contributed by atoms with E-state index in [4.69, 9.17) is 9.84 Å². The number of aliphatic hydroxyl groups excluding tert-OH is 1. The van der Waals surface area contributed by atoms with Crippen molar-refractivity contribution < 1.29 is 14.6 Å². The Morgan fingerprint density at radius 1 is 1.69 bits per heavy atom. The van der Waals surface area contributed by atoms with Crippen molar-refractivity contribution >= 4 is 5.91 Å². The van der Waals surface area contributed by atoms with Gasteiger partial charge in [-0.15, -0.1) is 0 Å². The van der Waals surface area contributed by atoms with Crippen molar-refractivity contribution in [3.63, 3.8) is 0 Å². The van der Waals surface area contributed by atoms with Crippen molar-refractivity contribution in [1.82, 2.24) is 4.90 Å². The lowest BCUT2D eigenvalue weighted by Gasteiger charge is -2.22. The molecule has 4 heteroatoms. The molecule has 0 unspecified atom stereocenters. The molecule has 1 atom stereocenters. The van der Waals surface area contributed by atoms with Crippen LogP contribution in [-0.2, 0) is 9.53 Å². The molecule has 0 saturated carbocycles. The number of carbonyl (C=O) groups is 1. The summed E-state index contributed by atoms with van der Waals surface area (Å²) in [6, 6.07) is 0.226. The molecule has 1 heterocycles. The third-order valence-corrected chi connectivity index (χ3v) is 2.33. The van der Waals surface area contributed by atoms with Crippen LogP contribution in [0.4, 0.5) is 0 Å². The van der Waals surface area contributed by atoms with Crippen LogP contribution in [0.2, 0.25) is 0 Å². The van der Waals surface area contributed by atoms with Crippen LogP contribution in [0.25, 0.3) is 0 Å². The number of aliphatic hydroxyl groups is 1. The predicted molar refractivity (Wildman–Crippen MR) is 48.3 cm³/mol. The fourth-order valence-corrected chi connectivity index (χ4v) is 1.71. The van der Waals surface area contributed by atoms with E-state index in [2.05, 4.69) is 0 Å². The number of amides is 1. The maximum atomic E-state index is 11.1. The summed E-state index contributed by atoms with van der Waals surface area (Å²) in [5.41, 5.74) is 0. The van der Waals surface area contributed by atoms with E-state index in [-0.39, 0.29) is 18.6 Å². The van der Waals surface area contributed by atoms with Crippen molar-refractivity contribution in [2.24, 2.45) is 0 Å². The number of likely N-dealkylation sites (tertiary alicyclic amines) is 1. The summed E-state index contributed by atoms with van der Waals surface area (Å²) < 4.78 is 5.20. The molecule has 0 aromatic rings. The van der Waals surface area contributed by atoms with Gasteiger partial charge in [0.05, 0.1) is 25.9 Å². The first-order chi connectivity index (χ1) is 6.25. The molecule has 0 aromatic heterocycles. The van der Waals surface area contributed by atoms with Gasteiger partial charge in [-0.05, 0) is 12.8 Å². The third kappa shape index (κ3) is 2.97. The number of hydrogen-bond acceptors (Lipinski definition) is 3. The lowest BCUT2D eigenvalue weighted by molar-refractivity contribution is -0.130. The Morgan fingerprint density at radius 2 is 2.46 bits per heavy atom. The van der Waals surface area contributed by atoms with Gasteiger partial charge in [0.15, 0.2) is 0 Å². The van der Waals surface area contributed by atoms with Gasteiger partial charge < -0.3 is 14.7 Å². The smallest absolute Gasteiger partial charge is 0.219 e. The standard InChI is InChI=1S/C9H17NO3/c1-8(12)10-4-2-3-9(10)7-13-6-5-11/h9,11H,2-7H2,1H3/t9-/m1/s1. The van der Waals surface area contributed by atoms with Gasteiger partial charge in [-0.1, -0.05) is 0 Å². The van der Waals surface area contributed by atoms with Gasteiger partial charge in [0, 0.05) is 13.5 Å². The normalized spacial score (nSPS) is 22.3. The highest BCUT2D eigenvalue weighted by Crippen LogP contribution is 2.17. The van der Waals surface area contributed by atoms with Crippen molar-refractivity contribution in [2.45, 2.75) is 25.8 Å². The van der Waals surface area contributed by atoms with E-state index in [0.717, 1.165) is 19.4 Å². The minimum Gasteiger partial charge on any atom is -0.394 e. The molecular weight excluding hydrogens is 170 g/mol. The second-order valence-corrected chi connectivity index (χ2v) is 3.31. The highest BCUT2D eigenvalue weighted by Gasteiger charge is 2.26. The molecule has 1 amide bonds. The molecule has 4 nitrogen and oxygen atoms in total. The Hall–Kier alpha value is -0.610. The number of hydrogen-bond donors (Lipinski definition) is 1. The average Bonchev–Trinajstić information content (AvgIpc) is 2.53. The van der Waals surface area contributed by atoms with Crippen LogP contribution in [0.15, 0.2) is 0 Å². The maximum absolute atomic E-state index is 11.1. The summed E-state index contributed by atoms with van der Waals surface area (Å²) in [4.78, 5) is 13.0. The fraction of sp³-hybridized carbons (Fsp3) is 0.889. The van der Waals surface area contributed by atoms with E-state index in [0.29, 0.717) is 13.2 Å². The summed E-state index contributed by atoms with van der Waals surface area (Å²) in [6.07, 6.45) is 2.08. The summed E-state index contributed by atoms with van der Waals surface area (Å²) in [6.45, 7) is 3.40. The van der Waals surface area contributed by atoms with E-state index < -0.39 is 0 Å². The molecule has 1 saturated heterocycles. The minimum atomic E-state index is 0.0484. The van der Waals surface area contributed by atoms with Gasteiger partial charge in [0.1, 0.15) is 0 Å². The topological polar surface area (TPSA) is 49.8 Å². The monoisotopic (exact) mass is 187 g/mol. The fourth-order valence-electron chi connectivity index (χ4n) is 1.71.